The van der Waals surface area contributed by atoms with Crippen molar-refractivity contribution in [2.24, 2.45) is 0 Å². The molecule has 0 atom stereocenters. The minimum atomic E-state index is -0.307. The fourth-order valence-corrected chi connectivity index (χ4v) is 4.71. The Kier molecular flexibility index (Phi) is 7.04. The van der Waals surface area contributed by atoms with Crippen LogP contribution in [0.15, 0.2) is 96.3 Å². The maximum Gasteiger partial charge on any atom is 0.251 e. The summed E-state index contributed by atoms with van der Waals surface area (Å²) in [5.74, 6) is -0.112. The number of fused-ring (bicyclic) bond motifs is 1. The van der Waals surface area contributed by atoms with Crippen molar-refractivity contribution in [3.05, 3.63) is 125 Å². The lowest BCUT2D eigenvalue weighted by Crippen LogP contribution is -2.22. The minimum Gasteiger partial charge on any atom is -0.348 e. The highest BCUT2D eigenvalue weighted by molar-refractivity contribution is 7.98. The molecule has 1 N–H and O–H groups in total. The van der Waals surface area contributed by atoms with Crippen molar-refractivity contribution in [2.45, 2.75) is 24.0 Å². The third-order valence-corrected chi connectivity index (χ3v) is 6.72. The third kappa shape index (κ3) is 5.60. The number of rotatable bonds is 8. The Balaban J connectivity index is 1.29. The Morgan fingerprint density at radius 2 is 1.47 bits per heavy atom. The molecule has 2 aromatic heterocycles. The first-order valence-corrected chi connectivity index (χ1v) is 12.3. The van der Waals surface area contributed by atoms with E-state index in [-0.39, 0.29) is 17.5 Å². The topological polar surface area (TPSA) is 59.8 Å². The second kappa shape index (κ2) is 10.7. The standard InChI is InChI=1S/C28H22F2N4OS/c29-23-11-5-19(6-12-23)16-32-27(35)22-9-3-20(4-10-22)17-34-26-25(2-1-15-31-26)33-28(34)36-18-21-7-13-24(30)14-8-21/h1-15H,16-18H2,(H,32,35). The third-order valence-electron chi connectivity index (χ3n) is 5.67. The molecule has 0 saturated carbocycles. The van der Waals surface area contributed by atoms with E-state index < -0.39 is 0 Å². The number of carbonyl (C=O) groups excluding carboxylic acids is 1. The van der Waals surface area contributed by atoms with Gasteiger partial charge in [0.15, 0.2) is 10.8 Å². The van der Waals surface area contributed by atoms with Crippen LogP contribution in [0.4, 0.5) is 8.78 Å². The molecular weight excluding hydrogens is 478 g/mol. The normalized spacial score (nSPS) is 11.1. The first-order chi connectivity index (χ1) is 17.5. The highest BCUT2D eigenvalue weighted by Crippen LogP contribution is 2.27. The van der Waals surface area contributed by atoms with Gasteiger partial charge in [-0.15, -0.1) is 0 Å². The van der Waals surface area contributed by atoms with Crippen LogP contribution in [0, 0.1) is 11.6 Å². The van der Waals surface area contributed by atoms with Crippen molar-refractivity contribution in [3.63, 3.8) is 0 Å². The average molecular weight is 501 g/mol. The molecule has 8 heteroatoms. The van der Waals surface area contributed by atoms with Crippen LogP contribution in [0.25, 0.3) is 11.2 Å². The molecule has 0 fully saturated rings. The van der Waals surface area contributed by atoms with Crippen LogP contribution < -0.4 is 5.32 Å². The van der Waals surface area contributed by atoms with E-state index in [1.807, 2.05) is 28.8 Å². The van der Waals surface area contributed by atoms with E-state index in [0.29, 0.717) is 24.4 Å². The molecule has 1 amide bonds. The molecule has 0 aliphatic rings. The van der Waals surface area contributed by atoms with Gasteiger partial charge in [-0.2, -0.15) is 0 Å². The molecule has 0 saturated heterocycles. The number of halogens is 2. The van der Waals surface area contributed by atoms with Crippen molar-refractivity contribution in [2.75, 3.05) is 0 Å². The monoisotopic (exact) mass is 500 g/mol. The molecule has 2 heterocycles. The molecule has 0 aliphatic carbocycles. The number of benzene rings is 3. The van der Waals surface area contributed by atoms with Gasteiger partial charge < -0.3 is 5.32 Å². The van der Waals surface area contributed by atoms with Gasteiger partial charge in [-0.1, -0.05) is 48.2 Å². The highest BCUT2D eigenvalue weighted by atomic mass is 32.2. The van der Waals surface area contributed by atoms with Gasteiger partial charge in [-0.05, 0) is 65.2 Å². The van der Waals surface area contributed by atoms with Crippen molar-refractivity contribution in [1.82, 2.24) is 19.9 Å². The predicted octanol–water partition coefficient (Wildman–Crippen LogP) is 5.98. The first-order valence-electron chi connectivity index (χ1n) is 11.4. The zero-order valence-corrected chi connectivity index (χ0v) is 20.0. The van der Waals surface area contributed by atoms with Crippen LogP contribution in [-0.4, -0.2) is 20.4 Å². The Labute approximate surface area is 211 Å². The quantitative estimate of drug-likeness (QED) is 0.266. The summed E-state index contributed by atoms with van der Waals surface area (Å²) in [6.45, 7) is 0.860. The fraction of sp³-hybridized carbons (Fsp3) is 0.107. The van der Waals surface area contributed by atoms with E-state index in [1.165, 1.54) is 24.3 Å². The zero-order chi connectivity index (χ0) is 24.9. The van der Waals surface area contributed by atoms with Crippen LogP contribution >= 0.6 is 11.8 Å². The Morgan fingerprint density at radius 3 is 2.17 bits per heavy atom. The van der Waals surface area contributed by atoms with Gasteiger partial charge >= 0.3 is 0 Å². The number of thioether (sulfide) groups is 1. The summed E-state index contributed by atoms with van der Waals surface area (Å²) in [6, 6.07) is 23.7. The van der Waals surface area contributed by atoms with Gasteiger partial charge in [-0.25, -0.2) is 18.7 Å². The number of hydrogen-bond acceptors (Lipinski definition) is 4. The summed E-state index contributed by atoms with van der Waals surface area (Å²) in [5.41, 5.74) is 4.95. The Hall–Kier alpha value is -4.04. The molecule has 0 spiro atoms. The largest absolute Gasteiger partial charge is 0.348 e. The van der Waals surface area contributed by atoms with E-state index in [1.54, 1.807) is 54.4 Å². The molecule has 0 bridgehead atoms. The van der Waals surface area contributed by atoms with Gasteiger partial charge in [0.05, 0.1) is 6.54 Å². The van der Waals surface area contributed by atoms with E-state index in [9.17, 15) is 13.6 Å². The van der Waals surface area contributed by atoms with E-state index in [0.717, 1.165) is 33.0 Å². The average Bonchev–Trinajstić information content (AvgIpc) is 3.25. The highest BCUT2D eigenvalue weighted by Gasteiger charge is 2.14. The summed E-state index contributed by atoms with van der Waals surface area (Å²) < 4.78 is 28.3. The van der Waals surface area contributed by atoms with E-state index >= 15 is 0 Å². The number of hydrogen-bond donors (Lipinski definition) is 1. The van der Waals surface area contributed by atoms with Crippen molar-refractivity contribution >= 4 is 28.8 Å². The van der Waals surface area contributed by atoms with Crippen LogP contribution in [0.1, 0.15) is 27.0 Å². The first kappa shape index (κ1) is 23.7. The SMILES string of the molecule is O=C(NCc1ccc(F)cc1)c1ccc(Cn2c(SCc3ccc(F)cc3)nc3cccnc32)cc1. The molecule has 5 rings (SSSR count). The summed E-state index contributed by atoms with van der Waals surface area (Å²) in [4.78, 5) is 21.8. The number of pyridine rings is 1. The molecule has 0 aliphatic heterocycles. The van der Waals surface area contributed by atoms with Gasteiger partial charge in [0, 0.05) is 24.1 Å². The lowest BCUT2D eigenvalue weighted by atomic mass is 10.1. The zero-order valence-electron chi connectivity index (χ0n) is 19.2. The number of imidazole rings is 1. The molecule has 180 valence electrons. The van der Waals surface area contributed by atoms with E-state index in [2.05, 4.69) is 10.3 Å². The van der Waals surface area contributed by atoms with Gasteiger partial charge in [0.2, 0.25) is 0 Å². The predicted molar refractivity (Wildman–Crippen MR) is 137 cm³/mol. The lowest BCUT2D eigenvalue weighted by molar-refractivity contribution is 0.0951. The smallest absolute Gasteiger partial charge is 0.251 e. The Bertz CT molecular complexity index is 1480. The summed E-state index contributed by atoms with van der Waals surface area (Å²) >= 11 is 1.57. The minimum absolute atomic E-state index is 0.198. The van der Waals surface area contributed by atoms with Gasteiger partial charge in [0.1, 0.15) is 17.2 Å². The molecule has 3 aromatic carbocycles. The van der Waals surface area contributed by atoms with Crippen LogP contribution in [0.2, 0.25) is 0 Å². The van der Waals surface area contributed by atoms with Crippen molar-refractivity contribution < 1.29 is 13.6 Å². The Morgan fingerprint density at radius 1 is 0.833 bits per heavy atom. The number of amides is 1. The summed E-state index contributed by atoms with van der Waals surface area (Å²) in [7, 11) is 0. The van der Waals surface area contributed by atoms with Gasteiger partial charge in [-0.3, -0.25) is 9.36 Å². The lowest BCUT2D eigenvalue weighted by Gasteiger charge is -2.10. The van der Waals surface area contributed by atoms with Crippen molar-refractivity contribution in [1.29, 1.82) is 0 Å². The van der Waals surface area contributed by atoms with Crippen LogP contribution in [0.5, 0.6) is 0 Å². The molecular formula is C28H22F2N4OS. The van der Waals surface area contributed by atoms with Crippen LogP contribution in [0.3, 0.4) is 0 Å². The second-order valence-electron chi connectivity index (χ2n) is 8.25. The van der Waals surface area contributed by atoms with Crippen LogP contribution in [-0.2, 0) is 18.8 Å². The molecule has 0 radical (unpaired) electrons. The molecule has 0 unspecified atom stereocenters. The molecule has 5 aromatic rings. The van der Waals surface area contributed by atoms with E-state index in [4.69, 9.17) is 4.98 Å². The summed E-state index contributed by atoms with van der Waals surface area (Å²) in [5, 5.41) is 3.67. The second-order valence-corrected chi connectivity index (χ2v) is 9.19. The number of carbonyl (C=O) groups is 1. The number of aromatic nitrogens is 3. The maximum absolute atomic E-state index is 13.2. The van der Waals surface area contributed by atoms with Crippen molar-refractivity contribution in [3.8, 4) is 0 Å². The fourth-order valence-electron chi connectivity index (χ4n) is 3.75. The molecule has 5 nitrogen and oxygen atoms in total. The number of nitrogens with one attached hydrogen (secondary N) is 1. The van der Waals surface area contributed by atoms with Gasteiger partial charge in [0.25, 0.3) is 5.91 Å². The maximum atomic E-state index is 13.2. The molecule has 36 heavy (non-hydrogen) atoms. The summed E-state index contributed by atoms with van der Waals surface area (Å²) in [6.07, 6.45) is 1.74. The number of nitrogens with zero attached hydrogens (tertiary/aromatic N) is 3.